The van der Waals surface area contributed by atoms with Gasteiger partial charge < -0.3 is 11.1 Å². The second kappa shape index (κ2) is 6.89. The van der Waals surface area contributed by atoms with Gasteiger partial charge in [0.15, 0.2) is 0 Å². The number of carbonyl (C=O) groups excluding carboxylic acids is 1. The number of nitrogens with one attached hydrogen (secondary N) is 1. The zero-order valence-corrected chi connectivity index (χ0v) is 8.97. The predicted molar refractivity (Wildman–Crippen MR) is 55.3 cm³/mol. The summed E-state index contributed by atoms with van der Waals surface area (Å²) in [6, 6.07) is 0. The van der Waals surface area contributed by atoms with E-state index in [0.29, 0.717) is 12.5 Å². The van der Waals surface area contributed by atoms with Gasteiger partial charge in [0.2, 0.25) is 5.91 Å². The second-order valence-electron chi connectivity index (χ2n) is 3.74. The van der Waals surface area contributed by atoms with Crippen molar-refractivity contribution in [2.45, 2.75) is 33.6 Å². The Balaban J connectivity index is 3.61. The molecule has 2 atom stereocenters. The lowest BCUT2D eigenvalue weighted by Gasteiger charge is -2.13. The van der Waals surface area contributed by atoms with Crippen LogP contribution < -0.4 is 11.1 Å². The molecule has 0 rings (SSSR count). The third-order valence-corrected chi connectivity index (χ3v) is 2.37. The molecule has 0 spiro atoms. The Labute approximate surface area is 81.1 Å². The zero-order valence-electron chi connectivity index (χ0n) is 8.97. The minimum Gasteiger partial charge on any atom is -0.356 e. The maximum atomic E-state index is 11.4. The number of nitrogens with two attached hydrogens (primary N) is 1. The minimum atomic E-state index is 0.0501. The summed E-state index contributed by atoms with van der Waals surface area (Å²) in [6.07, 6.45) is 1.87. The summed E-state index contributed by atoms with van der Waals surface area (Å²) in [7, 11) is 0. The lowest BCUT2D eigenvalue weighted by molar-refractivity contribution is -0.124. The van der Waals surface area contributed by atoms with Gasteiger partial charge in [0.05, 0.1) is 0 Å². The highest BCUT2D eigenvalue weighted by atomic mass is 16.1. The van der Waals surface area contributed by atoms with Crippen molar-refractivity contribution in [2.75, 3.05) is 13.1 Å². The Morgan fingerprint density at radius 2 is 2.08 bits per heavy atom. The topological polar surface area (TPSA) is 55.1 Å². The molecule has 13 heavy (non-hydrogen) atoms. The van der Waals surface area contributed by atoms with Gasteiger partial charge in [-0.05, 0) is 18.9 Å². The van der Waals surface area contributed by atoms with Crippen molar-refractivity contribution in [1.82, 2.24) is 5.32 Å². The van der Waals surface area contributed by atoms with Gasteiger partial charge in [-0.2, -0.15) is 0 Å². The quantitative estimate of drug-likeness (QED) is 0.653. The van der Waals surface area contributed by atoms with E-state index in [1.807, 2.05) is 6.92 Å². The van der Waals surface area contributed by atoms with Gasteiger partial charge in [-0.3, -0.25) is 4.79 Å². The van der Waals surface area contributed by atoms with Crippen LogP contribution in [0.4, 0.5) is 0 Å². The van der Waals surface area contributed by atoms with E-state index in [1.165, 1.54) is 0 Å². The first kappa shape index (κ1) is 12.4. The standard InChI is InChI=1S/C10H22N2O/c1-4-8(2)7-12-10(13)9(3)5-6-11/h8-9H,4-7,11H2,1-3H3,(H,12,13). The average Bonchev–Trinajstić information content (AvgIpc) is 2.13. The summed E-state index contributed by atoms with van der Waals surface area (Å²) >= 11 is 0. The van der Waals surface area contributed by atoms with Gasteiger partial charge in [-0.25, -0.2) is 0 Å². The van der Waals surface area contributed by atoms with Crippen molar-refractivity contribution in [3.05, 3.63) is 0 Å². The molecule has 0 aromatic rings. The van der Waals surface area contributed by atoms with Crippen LogP contribution in [0.2, 0.25) is 0 Å². The fraction of sp³-hybridized carbons (Fsp3) is 0.900. The Hall–Kier alpha value is -0.570. The van der Waals surface area contributed by atoms with Crippen LogP contribution in [0.3, 0.4) is 0 Å². The Morgan fingerprint density at radius 3 is 2.54 bits per heavy atom. The van der Waals surface area contributed by atoms with Gasteiger partial charge in [0.25, 0.3) is 0 Å². The molecule has 0 saturated heterocycles. The lowest BCUT2D eigenvalue weighted by Crippen LogP contribution is -2.33. The van der Waals surface area contributed by atoms with Gasteiger partial charge >= 0.3 is 0 Å². The summed E-state index contributed by atoms with van der Waals surface area (Å²) in [5, 5.41) is 2.92. The Morgan fingerprint density at radius 1 is 1.46 bits per heavy atom. The van der Waals surface area contributed by atoms with E-state index in [-0.39, 0.29) is 11.8 Å². The summed E-state index contributed by atoms with van der Waals surface area (Å²) in [5.41, 5.74) is 5.37. The largest absolute Gasteiger partial charge is 0.356 e. The van der Waals surface area contributed by atoms with Crippen molar-refractivity contribution in [3.8, 4) is 0 Å². The Bertz CT molecular complexity index is 148. The van der Waals surface area contributed by atoms with Gasteiger partial charge in [0.1, 0.15) is 0 Å². The molecule has 0 heterocycles. The second-order valence-corrected chi connectivity index (χ2v) is 3.74. The summed E-state index contributed by atoms with van der Waals surface area (Å²) in [5.74, 6) is 0.744. The van der Waals surface area contributed by atoms with Crippen LogP contribution in [0.15, 0.2) is 0 Å². The fourth-order valence-electron chi connectivity index (χ4n) is 0.974. The highest BCUT2D eigenvalue weighted by molar-refractivity contribution is 5.78. The molecular formula is C10H22N2O. The van der Waals surface area contributed by atoms with Crippen LogP contribution >= 0.6 is 0 Å². The molecule has 3 N–H and O–H groups in total. The smallest absolute Gasteiger partial charge is 0.222 e. The van der Waals surface area contributed by atoms with Crippen LogP contribution in [-0.2, 0) is 4.79 Å². The maximum Gasteiger partial charge on any atom is 0.222 e. The first-order valence-electron chi connectivity index (χ1n) is 5.09. The predicted octanol–water partition coefficient (Wildman–Crippen LogP) is 1.13. The average molecular weight is 186 g/mol. The molecule has 0 saturated carbocycles. The summed E-state index contributed by atoms with van der Waals surface area (Å²) in [6.45, 7) is 7.54. The van der Waals surface area contributed by atoms with Crippen molar-refractivity contribution < 1.29 is 4.79 Å². The van der Waals surface area contributed by atoms with Crippen molar-refractivity contribution in [3.63, 3.8) is 0 Å². The van der Waals surface area contributed by atoms with E-state index in [9.17, 15) is 4.79 Å². The first-order valence-corrected chi connectivity index (χ1v) is 5.09. The van der Waals surface area contributed by atoms with E-state index >= 15 is 0 Å². The lowest BCUT2D eigenvalue weighted by atomic mass is 10.1. The maximum absolute atomic E-state index is 11.4. The number of hydrogen-bond acceptors (Lipinski definition) is 2. The summed E-state index contributed by atoms with van der Waals surface area (Å²) in [4.78, 5) is 11.4. The molecule has 78 valence electrons. The summed E-state index contributed by atoms with van der Waals surface area (Å²) < 4.78 is 0. The molecule has 0 aromatic heterocycles. The minimum absolute atomic E-state index is 0.0501. The van der Waals surface area contributed by atoms with Crippen LogP contribution in [0.25, 0.3) is 0 Å². The monoisotopic (exact) mass is 186 g/mol. The highest BCUT2D eigenvalue weighted by Gasteiger charge is 2.11. The molecular weight excluding hydrogens is 164 g/mol. The third kappa shape index (κ3) is 5.64. The first-order chi connectivity index (χ1) is 6.11. The van der Waals surface area contributed by atoms with E-state index in [4.69, 9.17) is 5.73 Å². The molecule has 0 aliphatic carbocycles. The van der Waals surface area contributed by atoms with Crippen molar-refractivity contribution >= 4 is 5.91 Å². The van der Waals surface area contributed by atoms with Crippen LogP contribution in [-0.4, -0.2) is 19.0 Å². The number of hydrogen-bond donors (Lipinski definition) is 2. The SMILES string of the molecule is CCC(C)CNC(=O)C(C)CCN. The highest BCUT2D eigenvalue weighted by Crippen LogP contribution is 2.02. The molecule has 1 amide bonds. The van der Waals surface area contributed by atoms with Crippen molar-refractivity contribution in [1.29, 1.82) is 0 Å². The van der Waals surface area contributed by atoms with E-state index < -0.39 is 0 Å². The van der Waals surface area contributed by atoms with E-state index in [0.717, 1.165) is 19.4 Å². The number of rotatable bonds is 6. The van der Waals surface area contributed by atoms with Crippen LogP contribution in [0, 0.1) is 11.8 Å². The molecule has 0 aliphatic heterocycles. The number of carbonyl (C=O) groups is 1. The molecule has 2 unspecified atom stereocenters. The van der Waals surface area contributed by atoms with Gasteiger partial charge in [0, 0.05) is 12.5 Å². The molecule has 0 aliphatic rings. The molecule has 0 radical (unpaired) electrons. The number of amides is 1. The third-order valence-electron chi connectivity index (χ3n) is 2.37. The van der Waals surface area contributed by atoms with Crippen LogP contribution in [0.5, 0.6) is 0 Å². The van der Waals surface area contributed by atoms with E-state index in [1.54, 1.807) is 0 Å². The molecule has 3 heteroatoms. The zero-order chi connectivity index (χ0) is 10.3. The normalized spacial score (nSPS) is 15.1. The van der Waals surface area contributed by atoms with E-state index in [2.05, 4.69) is 19.2 Å². The Kier molecular flexibility index (Phi) is 6.59. The van der Waals surface area contributed by atoms with Crippen LogP contribution in [0.1, 0.15) is 33.6 Å². The van der Waals surface area contributed by atoms with Gasteiger partial charge in [-0.1, -0.05) is 27.2 Å². The van der Waals surface area contributed by atoms with Gasteiger partial charge in [-0.15, -0.1) is 0 Å². The molecule has 0 aromatic carbocycles. The fourth-order valence-corrected chi connectivity index (χ4v) is 0.974. The molecule has 0 fully saturated rings. The molecule has 0 bridgehead atoms. The molecule has 3 nitrogen and oxygen atoms in total. The van der Waals surface area contributed by atoms with Crippen molar-refractivity contribution in [2.24, 2.45) is 17.6 Å².